The van der Waals surface area contributed by atoms with Crippen molar-refractivity contribution in [2.24, 2.45) is 0 Å². The van der Waals surface area contributed by atoms with E-state index >= 15 is 0 Å². The van der Waals surface area contributed by atoms with Crippen molar-refractivity contribution in [3.05, 3.63) is 89.8 Å². The van der Waals surface area contributed by atoms with Crippen LogP contribution >= 0.6 is 0 Å². The second kappa shape index (κ2) is 9.15. The number of methoxy groups -OCH3 is 1. The van der Waals surface area contributed by atoms with Crippen molar-refractivity contribution in [1.29, 1.82) is 0 Å². The van der Waals surface area contributed by atoms with Gasteiger partial charge in [0.25, 0.3) is 5.91 Å². The van der Waals surface area contributed by atoms with Crippen LogP contribution in [0.3, 0.4) is 0 Å². The first-order chi connectivity index (χ1) is 14.1. The third-order valence-corrected chi connectivity index (χ3v) is 4.62. The van der Waals surface area contributed by atoms with Crippen molar-refractivity contribution in [2.75, 3.05) is 12.4 Å². The fourth-order valence-electron chi connectivity index (χ4n) is 3.14. The Morgan fingerprint density at radius 1 is 1.14 bits per heavy atom. The standard InChI is InChI=1S/C22H21N3O2.C2H6/c1-15-10-11-25-14-20(24-21(25)12-15)17-4-3-5-18(13-17)23-22(26)16-6-8-19(27-2)9-7-16;1-2/h3-14,21,24H,1-2H3,(H,23,26);1-2H3. The Labute approximate surface area is 172 Å². The lowest BCUT2D eigenvalue weighted by molar-refractivity contribution is 0.102. The highest BCUT2D eigenvalue weighted by Gasteiger charge is 2.23. The third kappa shape index (κ3) is 4.69. The van der Waals surface area contributed by atoms with E-state index in [0.717, 1.165) is 22.7 Å². The van der Waals surface area contributed by atoms with Crippen molar-refractivity contribution >= 4 is 17.3 Å². The van der Waals surface area contributed by atoms with E-state index in [1.54, 1.807) is 31.4 Å². The Hall–Kier alpha value is -3.47. The van der Waals surface area contributed by atoms with Crippen LogP contribution in [0, 0.1) is 0 Å². The normalized spacial score (nSPS) is 16.6. The van der Waals surface area contributed by atoms with Gasteiger partial charge in [-0.3, -0.25) is 4.79 Å². The second-order valence-electron chi connectivity index (χ2n) is 6.57. The first-order valence-corrected chi connectivity index (χ1v) is 9.81. The van der Waals surface area contributed by atoms with Gasteiger partial charge in [-0.05, 0) is 61.0 Å². The number of nitrogens with one attached hydrogen (secondary N) is 2. The molecule has 150 valence electrons. The average molecular weight is 389 g/mol. The number of rotatable bonds is 4. The lowest BCUT2D eigenvalue weighted by Gasteiger charge is -2.22. The fraction of sp³-hybridized carbons (Fsp3) is 0.208. The molecule has 1 amide bonds. The first kappa shape index (κ1) is 20.3. The summed E-state index contributed by atoms with van der Waals surface area (Å²) in [6.07, 6.45) is 8.55. The van der Waals surface area contributed by atoms with Crippen LogP contribution < -0.4 is 15.4 Å². The summed E-state index contributed by atoms with van der Waals surface area (Å²) in [4.78, 5) is 14.6. The van der Waals surface area contributed by atoms with E-state index in [1.165, 1.54) is 5.57 Å². The number of amides is 1. The second-order valence-corrected chi connectivity index (χ2v) is 6.57. The van der Waals surface area contributed by atoms with Crippen LogP contribution in [0.5, 0.6) is 5.75 Å². The molecule has 2 heterocycles. The molecule has 1 atom stereocenters. The van der Waals surface area contributed by atoms with Gasteiger partial charge in [0.1, 0.15) is 11.9 Å². The summed E-state index contributed by atoms with van der Waals surface area (Å²) in [6.45, 7) is 6.09. The minimum Gasteiger partial charge on any atom is -0.497 e. The van der Waals surface area contributed by atoms with Crippen LogP contribution in [0.4, 0.5) is 5.69 Å². The molecule has 2 aromatic carbocycles. The van der Waals surface area contributed by atoms with Gasteiger partial charge in [-0.2, -0.15) is 0 Å². The number of carbonyl (C=O) groups is 1. The molecule has 4 rings (SSSR count). The molecule has 0 saturated carbocycles. The van der Waals surface area contributed by atoms with Gasteiger partial charge in [0.05, 0.1) is 12.8 Å². The maximum absolute atomic E-state index is 12.5. The predicted octanol–water partition coefficient (Wildman–Crippen LogP) is 4.98. The lowest BCUT2D eigenvalue weighted by Crippen LogP contribution is -2.32. The number of ether oxygens (including phenoxy) is 1. The maximum atomic E-state index is 12.5. The minimum atomic E-state index is -0.151. The predicted molar refractivity (Wildman–Crippen MR) is 118 cm³/mol. The van der Waals surface area contributed by atoms with E-state index in [9.17, 15) is 4.79 Å². The van der Waals surface area contributed by atoms with Gasteiger partial charge in [0.2, 0.25) is 0 Å². The molecule has 5 nitrogen and oxygen atoms in total. The topological polar surface area (TPSA) is 53.6 Å². The molecule has 5 heteroatoms. The summed E-state index contributed by atoms with van der Waals surface area (Å²) in [5.74, 6) is 0.574. The number of benzene rings is 2. The summed E-state index contributed by atoms with van der Waals surface area (Å²) in [5.41, 5.74) is 4.62. The molecular weight excluding hydrogens is 362 g/mol. The lowest BCUT2D eigenvalue weighted by atomic mass is 10.1. The van der Waals surface area contributed by atoms with Crippen LogP contribution in [0.25, 0.3) is 5.70 Å². The first-order valence-electron chi connectivity index (χ1n) is 9.81. The number of carbonyl (C=O) groups excluding carboxylic acids is 1. The minimum absolute atomic E-state index is 0.141. The van der Waals surface area contributed by atoms with E-state index < -0.39 is 0 Å². The Bertz CT molecular complexity index is 958. The largest absolute Gasteiger partial charge is 0.497 e. The van der Waals surface area contributed by atoms with Crippen molar-refractivity contribution < 1.29 is 9.53 Å². The smallest absolute Gasteiger partial charge is 0.255 e. The fourth-order valence-corrected chi connectivity index (χ4v) is 3.14. The molecule has 0 radical (unpaired) electrons. The average Bonchev–Trinajstić information content (AvgIpc) is 3.18. The Morgan fingerprint density at radius 2 is 1.90 bits per heavy atom. The van der Waals surface area contributed by atoms with Gasteiger partial charge >= 0.3 is 0 Å². The number of hydrogen-bond acceptors (Lipinski definition) is 4. The van der Waals surface area contributed by atoms with Gasteiger partial charge in [-0.25, -0.2) is 0 Å². The molecule has 0 spiro atoms. The molecular formula is C24H27N3O2. The molecule has 29 heavy (non-hydrogen) atoms. The van der Waals surface area contributed by atoms with E-state index in [2.05, 4.69) is 47.0 Å². The van der Waals surface area contributed by atoms with Crippen molar-refractivity contribution in [2.45, 2.75) is 26.9 Å². The molecule has 2 aromatic rings. The third-order valence-electron chi connectivity index (χ3n) is 4.62. The van der Waals surface area contributed by atoms with Crippen LogP contribution in [-0.2, 0) is 0 Å². The summed E-state index contributed by atoms with van der Waals surface area (Å²) >= 11 is 0. The highest BCUT2D eigenvalue weighted by atomic mass is 16.5. The Kier molecular flexibility index (Phi) is 6.39. The Balaban J connectivity index is 0.00000117. The monoisotopic (exact) mass is 389 g/mol. The van der Waals surface area contributed by atoms with Crippen LogP contribution in [0.2, 0.25) is 0 Å². The van der Waals surface area contributed by atoms with Gasteiger partial charge < -0.3 is 20.3 Å². The highest BCUT2D eigenvalue weighted by Crippen LogP contribution is 2.26. The van der Waals surface area contributed by atoms with Crippen LogP contribution in [0.15, 0.2) is 78.7 Å². The van der Waals surface area contributed by atoms with Gasteiger partial charge in [0, 0.05) is 29.2 Å². The van der Waals surface area contributed by atoms with Gasteiger partial charge in [-0.15, -0.1) is 0 Å². The summed E-state index contributed by atoms with van der Waals surface area (Å²) in [6, 6.07) is 14.9. The molecule has 0 saturated heterocycles. The molecule has 2 aliphatic heterocycles. The summed E-state index contributed by atoms with van der Waals surface area (Å²) in [5, 5.41) is 6.45. The number of allylic oxidation sites excluding steroid dienone is 2. The SMILES string of the molecule is CC.COc1ccc(C(=O)Nc2cccc(C3=CN4C=CC(C)=CC4N3)c2)cc1. The molecule has 0 aromatic heterocycles. The number of hydrogen-bond donors (Lipinski definition) is 2. The highest BCUT2D eigenvalue weighted by molar-refractivity contribution is 6.04. The van der Waals surface area contributed by atoms with Crippen molar-refractivity contribution in [1.82, 2.24) is 10.2 Å². The molecule has 0 bridgehead atoms. The van der Waals surface area contributed by atoms with Crippen LogP contribution in [0.1, 0.15) is 36.7 Å². The van der Waals surface area contributed by atoms with Gasteiger partial charge in [0.15, 0.2) is 0 Å². The van der Waals surface area contributed by atoms with E-state index in [0.29, 0.717) is 5.56 Å². The van der Waals surface area contributed by atoms with E-state index in [1.807, 2.05) is 38.1 Å². The van der Waals surface area contributed by atoms with E-state index in [-0.39, 0.29) is 12.1 Å². The molecule has 0 fully saturated rings. The number of nitrogens with zero attached hydrogens (tertiary/aromatic N) is 1. The molecule has 0 aliphatic carbocycles. The quantitative estimate of drug-likeness (QED) is 0.775. The zero-order valence-electron chi connectivity index (χ0n) is 17.3. The molecule has 1 unspecified atom stereocenters. The Morgan fingerprint density at radius 3 is 2.62 bits per heavy atom. The summed E-state index contributed by atoms with van der Waals surface area (Å²) < 4.78 is 5.13. The van der Waals surface area contributed by atoms with Crippen molar-refractivity contribution in [3.63, 3.8) is 0 Å². The zero-order valence-corrected chi connectivity index (χ0v) is 17.3. The molecule has 2 aliphatic rings. The van der Waals surface area contributed by atoms with Crippen LogP contribution in [-0.4, -0.2) is 24.1 Å². The zero-order chi connectivity index (χ0) is 20.8. The maximum Gasteiger partial charge on any atom is 0.255 e. The molecule has 2 N–H and O–H groups in total. The number of fused-ring (bicyclic) bond motifs is 1. The van der Waals surface area contributed by atoms with Gasteiger partial charge in [-0.1, -0.05) is 26.0 Å². The summed E-state index contributed by atoms with van der Waals surface area (Å²) in [7, 11) is 1.60. The number of anilines is 1. The van der Waals surface area contributed by atoms with Crippen molar-refractivity contribution in [3.8, 4) is 5.75 Å². The van der Waals surface area contributed by atoms with E-state index in [4.69, 9.17) is 4.74 Å².